The molecule has 1 aromatic carbocycles. The summed E-state index contributed by atoms with van der Waals surface area (Å²) in [6.45, 7) is 0.898. The van der Waals surface area contributed by atoms with Crippen LogP contribution in [0, 0.1) is 5.82 Å². The van der Waals surface area contributed by atoms with Crippen molar-refractivity contribution in [2.45, 2.75) is 18.9 Å². The average molecular weight is 357 g/mol. The van der Waals surface area contributed by atoms with Gasteiger partial charge in [0.05, 0.1) is 12.2 Å². The molecule has 0 N–H and O–H groups in total. The van der Waals surface area contributed by atoms with Crippen LogP contribution in [0.2, 0.25) is 5.15 Å². The number of hydrogen-bond acceptors (Lipinski definition) is 3. The summed E-state index contributed by atoms with van der Waals surface area (Å²) >= 11 is 9.25. The summed E-state index contributed by atoms with van der Waals surface area (Å²) < 4.78 is 13.6. The topological polar surface area (TPSA) is 29.0 Å². The van der Waals surface area contributed by atoms with Crippen LogP contribution < -0.4 is 4.90 Å². The first-order valence-electron chi connectivity index (χ1n) is 6.35. The van der Waals surface area contributed by atoms with Gasteiger partial charge in [0.2, 0.25) is 0 Å². The first kappa shape index (κ1) is 13.8. The molecule has 20 heavy (non-hydrogen) atoms. The van der Waals surface area contributed by atoms with E-state index < -0.39 is 0 Å². The lowest BCUT2D eigenvalue weighted by atomic mass is 10.0. The second-order valence-electron chi connectivity index (χ2n) is 4.71. The van der Waals surface area contributed by atoms with Gasteiger partial charge < -0.3 is 4.90 Å². The Morgan fingerprint density at radius 3 is 2.75 bits per heavy atom. The molecule has 0 saturated carbocycles. The van der Waals surface area contributed by atoms with Crippen molar-refractivity contribution in [3.63, 3.8) is 0 Å². The summed E-state index contributed by atoms with van der Waals surface area (Å²) in [7, 11) is 0. The van der Waals surface area contributed by atoms with Gasteiger partial charge in [-0.25, -0.2) is 14.4 Å². The minimum Gasteiger partial charge on any atom is -0.348 e. The van der Waals surface area contributed by atoms with Gasteiger partial charge in [0.25, 0.3) is 0 Å². The van der Waals surface area contributed by atoms with Gasteiger partial charge in [-0.15, -0.1) is 0 Å². The number of aromatic nitrogens is 2. The van der Waals surface area contributed by atoms with E-state index in [-0.39, 0.29) is 11.9 Å². The van der Waals surface area contributed by atoms with E-state index in [1.807, 2.05) is 12.1 Å². The number of rotatable bonds is 2. The van der Waals surface area contributed by atoms with Gasteiger partial charge in [0.15, 0.2) is 5.15 Å². The fraction of sp³-hybridized carbons (Fsp3) is 0.286. The average Bonchev–Trinajstić information content (AvgIpc) is 2.92. The number of hydrogen-bond donors (Lipinski definition) is 0. The van der Waals surface area contributed by atoms with Gasteiger partial charge in [-0.2, -0.15) is 0 Å². The number of nitrogens with zero attached hydrogens (tertiary/aromatic N) is 3. The molecule has 1 atom stereocenters. The maximum atomic E-state index is 13.0. The van der Waals surface area contributed by atoms with E-state index >= 15 is 0 Å². The molecule has 1 aliphatic heterocycles. The lowest BCUT2D eigenvalue weighted by Gasteiger charge is -2.26. The van der Waals surface area contributed by atoms with Gasteiger partial charge in [0.1, 0.15) is 16.2 Å². The summed E-state index contributed by atoms with van der Waals surface area (Å²) in [6, 6.07) is 6.83. The Bertz CT molecular complexity index is 620. The first-order valence-corrected chi connectivity index (χ1v) is 7.52. The number of halogens is 3. The highest BCUT2D eigenvalue weighted by Gasteiger charge is 2.27. The molecule has 104 valence electrons. The fourth-order valence-corrected chi connectivity index (χ4v) is 2.88. The third-order valence-electron chi connectivity index (χ3n) is 3.48. The van der Waals surface area contributed by atoms with Gasteiger partial charge in [-0.3, -0.25) is 0 Å². The molecule has 3 rings (SSSR count). The second-order valence-corrected chi connectivity index (χ2v) is 5.82. The minimum absolute atomic E-state index is 0.196. The Kier molecular flexibility index (Phi) is 3.89. The van der Waals surface area contributed by atoms with Crippen LogP contribution >= 0.6 is 27.5 Å². The van der Waals surface area contributed by atoms with Crippen molar-refractivity contribution in [2.75, 3.05) is 11.4 Å². The largest absolute Gasteiger partial charge is 0.348 e. The summed E-state index contributed by atoms with van der Waals surface area (Å²) in [5, 5.41) is 0.354. The second kappa shape index (κ2) is 5.66. The van der Waals surface area contributed by atoms with Crippen LogP contribution in [0.1, 0.15) is 24.4 Å². The molecular weight excluding hydrogens is 345 g/mol. The van der Waals surface area contributed by atoms with Gasteiger partial charge in [-0.1, -0.05) is 23.7 Å². The SMILES string of the molecule is Fc1ccc(C2CCCN2c2cnc(Br)c(Cl)n2)cc1. The van der Waals surface area contributed by atoms with Crippen molar-refractivity contribution in [1.82, 2.24) is 9.97 Å². The van der Waals surface area contributed by atoms with Crippen LogP contribution in [0.5, 0.6) is 0 Å². The zero-order valence-corrected chi connectivity index (χ0v) is 12.9. The van der Waals surface area contributed by atoms with Crippen molar-refractivity contribution >= 4 is 33.3 Å². The predicted octanol–water partition coefficient (Wildman–Crippen LogP) is 4.37. The molecular formula is C14H12BrClFN3. The van der Waals surface area contributed by atoms with Crippen LogP contribution in [0.25, 0.3) is 0 Å². The molecule has 1 saturated heterocycles. The summed E-state index contributed by atoms with van der Waals surface area (Å²) in [5.74, 6) is 0.537. The minimum atomic E-state index is -0.218. The van der Waals surface area contributed by atoms with Crippen molar-refractivity contribution in [2.24, 2.45) is 0 Å². The van der Waals surface area contributed by atoms with Crippen molar-refractivity contribution < 1.29 is 4.39 Å². The molecule has 0 radical (unpaired) electrons. The normalized spacial score (nSPS) is 18.6. The fourth-order valence-electron chi connectivity index (χ4n) is 2.55. The lowest BCUT2D eigenvalue weighted by molar-refractivity contribution is 0.624. The maximum absolute atomic E-state index is 13.0. The Labute approximate surface area is 129 Å². The van der Waals surface area contributed by atoms with E-state index in [1.165, 1.54) is 12.1 Å². The highest BCUT2D eigenvalue weighted by Crippen LogP contribution is 2.35. The molecule has 0 bridgehead atoms. The first-order chi connectivity index (χ1) is 9.65. The van der Waals surface area contributed by atoms with Crippen LogP contribution in [-0.2, 0) is 0 Å². The van der Waals surface area contributed by atoms with Crippen molar-refractivity contribution in [3.8, 4) is 0 Å². The molecule has 0 amide bonds. The summed E-state index contributed by atoms with van der Waals surface area (Å²) in [4.78, 5) is 10.7. The Morgan fingerprint density at radius 1 is 1.30 bits per heavy atom. The van der Waals surface area contributed by atoms with E-state index in [1.54, 1.807) is 6.20 Å². The van der Waals surface area contributed by atoms with E-state index in [4.69, 9.17) is 11.6 Å². The van der Waals surface area contributed by atoms with E-state index in [0.29, 0.717) is 9.76 Å². The Hall–Kier alpha value is -1.20. The smallest absolute Gasteiger partial charge is 0.164 e. The zero-order chi connectivity index (χ0) is 14.1. The molecule has 1 aromatic heterocycles. The van der Waals surface area contributed by atoms with Crippen molar-refractivity contribution in [3.05, 3.63) is 51.6 Å². The monoisotopic (exact) mass is 355 g/mol. The Balaban J connectivity index is 1.92. The lowest BCUT2D eigenvalue weighted by Crippen LogP contribution is -2.23. The molecule has 2 aromatic rings. The highest BCUT2D eigenvalue weighted by atomic mass is 79.9. The third-order valence-corrected chi connectivity index (χ3v) is 4.55. The molecule has 1 aliphatic rings. The molecule has 2 heterocycles. The molecule has 1 fully saturated rings. The zero-order valence-electron chi connectivity index (χ0n) is 10.6. The van der Waals surface area contributed by atoms with Gasteiger partial charge in [0, 0.05) is 6.54 Å². The van der Waals surface area contributed by atoms with Crippen molar-refractivity contribution in [1.29, 1.82) is 0 Å². The maximum Gasteiger partial charge on any atom is 0.164 e. The molecule has 0 aliphatic carbocycles. The van der Waals surface area contributed by atoms with E-state index in [0.717, 1.165) is 30.8 Å². The standard InChI is InChI=1S/C14H12BrClFN3/c15-13-14(16)19-12(8-18-13)20-7-1-2-11(20)9-3-5-10(17)6-4-9/h3-6,8,11H,1-2,7H2. The van der Waals surface area contributed by atoms with E-state index in [2.05, 4.69) is 30.8 Å². The molecule has 0 spiro atoms. The number of anilines is 1. The van der Waals surface area contributed by atoms with Crippen LogP contribution in [0.4, 0.5) is 10.2 Å². The van der Waals surface area contributed by atoms with Crippen LogP contribution in [-0.4, -0.2) is 16.5 Å². The van der Waals surface area contributed by atoms with Gasteiger partial charge >= 0.3 is 0 Å². The summed E-state index contributed by atoms with van der Waals surface area (Å²) in [5.41, 5.74) is 1.09. The summed E-state index contributed by atoms with van der Waals surface area (Å²) in [6.07, 6.45) is 3.79. The van der Waals surface area contributed by atoms with E-state index in [9.17, 15) is 4.39 Å². The predicted molar refractivity (Wildman–Crippen MR) is 80.5 cm³/mol. The van der Waals surface area contributed by atoms with Gasteiger partial charge in [-0.05, 0) is 46.5 Å². The quantitative estimate of drug-likeness (QED) is 0.800. The molecule has 6 heteroatoms. The van der Waals surface area contributed by atoms with Crippen LogP contribution in [0.15, 0.2) is 35.1 Å². The van der Waals surface area contributed by atoms with Crippen LogP contribution in [0.3, 0.4) is 0 Å². The number of benzene rings is 1. The highest BCUT2D eigenvalue weighted by molar-refractivity contribution is 9.10. The molecule has 3 nitrogen and oxygen atoms in total. The Morgan fingerprint density at radius 2 is 2.05 bits per heavy atom. The molecule has 1 unspecified atom stereocenters. The third kappa shape index (κ3) is 2.65.